The molecule has 2 aromatic carbocycles. The zero-order chi connectivity index (χ0) is 31.7. The summed E-state index contributed by atoms with van der Waals surface area (Å²) in [4.78, 5) is 41.9. The summed E-state index contributed by atoms with van der Waals surface area (Å²) < 4.78 is 3.33. The van der Waals surface area contributed by atoms with Gasteiger partial charge in [-0.05, 0) is 68.9 Å². The van der Waals surface area contributed by atoms with Gasteiger partial charge in [-0.2, -0.15) is 10.1 Å². The number of hydrogen-bond acceptors (Lipinski definition) is 8. The first-order valence-electron chi connectivity index (χ1n) is 14.8. The van der Waals surface area contributed by atoms with Crippen molar-refractivity contribution in [3.63, 3.8) is 0 Å². The van der Waals surface area contributed by atoms with Gasteiger partial charge in [-0.1, -0.05) is 12.1 Å². The van der Waals surface area contributed by atoms with Crippen molar-refractivity contribution >= 4 is 23.2 Å². The molecule has 1 amide bonds. The maximum atomic E-state index is 13.5. The Balaban J connectivity index is 1.31. The molecule has 45 heavy (non-hydrogen) atoms. The van der Waals surface area contributed by atoms with Crippen LogP contribution in [-0.2, 0) is 13.1 Å². The molecule has 4 heterocycles. The molecule has 1 aliphatic heterocycles. The van der Waals surface area contributed by atoms with Crippen molar-refractivity contribution < 1.29 is 19.8 Å². The van der Waals surface area contributed by atoms with Crippen LogP contribution in [0.3, 0.4) is 0 Å². The minimum Gasteiger partial charge on any atom is -0.507 e. The number of phenolic OH excluding ortho intramolecular Hbond substituents is 1. The number of carbonyl (C=O) groups is 2. The zero-order valence-electron chi connectivity index (χ0n) is 25.5. The van der Waals surface area contributed by atoms with Crippen LogP contribution in [-0.4, -0.2) is 95.3 Å². The van der Waals surface area contributed by atoms with Gasteiger partial charge in [0.2, 0.25) is 5.62 Å². The molecule has 0 saturated carbocycles. The first kappa shape index (κ1) is 30.1. The van der Waals surface area contributed by atoms with Crippen LogP contribution in [0.4, 0.5) is 0 Å². The third-order valence-electron chi connectivity index (χ3n) is 7.89. The van der Waals surface area contributed by atoms with Crippen molar-refractivity contribution in [3.8, 4) is 22.8 Å². The quantitative estimate of drug-likeness (QED) is 0.228. The van der Waals surface area contributed by atoms with Gasteiger partial charge in [0.1, 0.15) is 11.4 Å². The fraction of sp³-hybridized carbons (Fsp3) is 0.303. The molecule has 12 heteroatoms. The molecule has 232 valence electrons. The number of aromatic amines is 1. The fourth-order valence-electron chi connectivity index (χ4n) is 5.53. The van der Waals surface area contributed by atoms with Crippen molar-refractivity contribution in [2.75, 3.05) is 33.2 Å². The van der Waals surface area contributed by atoms with Crippen LogP contribution in [0, 0.1) is 0 Å². The maximum Gasteiger partial charge on any atom is 0.280 e. The second-order valence-electron chi connectivity index (χ2n) is 12.1. The van der Waals surface area contributed by atoms with Crippen LogP contribution in [0.25, 0.3) is 28.1 Å². The van der Waals surface area contributed by atoms with Gasteiger partial charge in [0.05, 0.1) is 40.1 Å². The van der Waals surface area contributed by atoms with Crippen LogP contribution < -0.4 is 5.62 Å². The number of aromatic hydroxyl groups is 1. The molecule has 0 radical (unpaired) electrons. The number of H-pyrrole nitrogens is 1. The van der Waals surface area contributed by atoms with Gasteiger partial charge in [-0.15, -0.1) is 0 Å². The highest BCUT2D eigenvalue weighted by Gasteiger charge is 2.20. The van der Waals surface area contributed by atoms with Crippen LogP contribution in [0.1, 0.15) is 40.1 Å². The Hall–Kier alpha value is -4.91. The standard InChI is InChI=1S/C33H36N8O4/c1-33(2,45)21-40-29-17-22(19-39-15-13-38(3)14-16-39)7-8-26(29)35-32(40)36-31(44)23-9-11-34-27(18-23)25-10-12-41(37-25)28-5-4-6-30(43)24(28)20-42/h4-12,17-18,20,43,45H,13-16,19,21H2,1-3H3,(H,35,36,44). The highest BCUT2D eigenvalue weighted by atomic mass is 16.3. The lowest BCUT2D eigenvalue weighted by Gasteiger charge is -2.32. The molecule has 3 N–H and O–H groups in total. The number of amides is 1. The van der Waals surface area contributed by atoms with Gasteiger partial charge < -0.3 is 24.7 Å². The Morgan fingerprint density at radius 2 is 1.87 bits per heavy atom. The lowest BCUT2D eigenvalue weighted by molar-refractivity contribution is 0.0612. The van der Waals surface area contributed by atoms with Crippen LogP contribution in [0.5, 0.6) is 5.75 Å². The molecule has 12 nitrogen and oxygen atoms in total. The summed E-state index contributed by atoms with van der Waals surface area (Å²) in [5.74, 6) is -0.625. The van der Waals surface area contributed by atoms with E-state index in [0.717, 1.165) is 49.3 Å². The molecule has 3 aromatic heterocycles. The lowest BCUT2D eigenvalue weighted by Crippen LogP contribution is -2.43. The van der Waals surface area contributed by atoms with Crippen molar-refractivity contribution in [3.05, 3.63) is 89.3 Å². The second kappa shape index (κ2) is 12.2. The average molecular weight is 609 g/mol. The number of nitrogens with zero attached hydrogens (tertiary/aromatic N) is 7. The number of carbonyl (C=O) groups excluding carboxylic acids is 2. The molecule has 1 fully saturated rings. The van der Waals surface area contributed by atoms with Crippen LogP contribution in [0.2, 0.25) is 0 Å². The number of rotatable bonds is 8. The third kappa shape index (κ3) is 6.63. The normalized spacial score (nSPS) is 15.2. The van der Waals surface area contributed by atoms with Crippen molar-refractivity contribution in [1.29, 1.82) is 0 Å². The van der Waals surface area contributed by atoms with E-state index in [-0.39, 0.29) is 17.9 Å². The first-order chi connectivity index (χ1) is 21.6. The number of nitrogens with one attached hydrogen (secondary N) is 1. The second-order valence-corrected chi connectivity index (χ2v) is 12.1. The van der Waals surface area contributed by atoms with E-state index in [1.54, 1.807) is 50.4 Å². The highest BCUT2D eigenvalue weighted by Crippen LogP contribution is 2.24. The Morgan fingerprint density at radius 3 is 2.62 bits per heavy atom. The number of imidazole rings is 1. The van der Waals surface area contributed by atoms with Gasteiger partial charge in [0.15, 0.2) is 6.29 Å². The number of aromatic nitrogens is 5. The van der Waals surface area contributed by atoms with E-state index in [1.165, 1.54) is 16.9 Å². The highest BCUT2D eigenvalue weighted by molar-refractivity contribution is 5.95. The summed E-state index contributed by atoms with van der Waals surface area (Å²) in [7, 11) is 2.14. The van der Waals surface area contributed by atoms with Crippen molar-refractivity contribution in [1.82, 2.24) is 34.1 Å². The van der Waals surface area contributed by atoms with Crippen LogP contribution in [0.15, 0.2) is 72.0 Å². The maximum absolute atomic E-state index is 13.5. The molecule has 0 spiro atoms. The summed E-state index contributed by atoms with van der Waals surface area (Å²) in [6.45, 7) is 8.58. The van der Waals surface area contributed by atoms with Gasteiger partial charge in [-0.3, -0.25) is 19.5 Å². The number of benzene rings is 2. The van der Waals surface area contributed by atoms with Gasteiger partial charge in [-0.25, -0.2) is 4.68 Å². The summed E-state index contributed by atoms with van der Waals surface area (Å²) in [5, 5.41) is 25.3. The Bertz CT molecular complexity index is 1940. The van der Waals surface area contributed by atoms with E-state index >= 15 is 0 Å². The van der Waals surface area contributed by atoms with Crippen molar-refractivity contribution in [2.24, 2.45) is 4.99 Å². The topological polar surface area (TPSA) is 145 Å². The van der Waals surface area contributed by atoms with E-state index in [4.69, 9.17) is 0 Å². The molecular formula is C33H36N8O4. The number of hydrogen-bond donors (Lipinski definition) is 3. The minimum absolute atomic E-state index is 0.118. The molecule has 5 aromatic rings. The van der Waals surface area contributed by atoms with E-state index in [2.05, 4.69) is 49.0 Å². The number of piperazine rings is 1. The molecule has 0 bridgehead atoms. The molecule has 1 saturated heterocycles. The number of likely N-dealkylation sites (N-methyl/N-ethyl adjacent to an activating group) is 1. The van der Waals surface area contributed by atoms with Gasteiger partial charge >= 0.3 is 0 Å². The molecule has 6 rings (SSSR count). The number of pyridine rings is 1. The fourth-order valence-corrected chi connectivity index (χ4v) is 5.53. The zero-order valence-corrected chi connectivity index (χ0v) is 25.5. The van der Waals surface area contributed by atoms with Gasteiger partial charge in [0, 0.05) is 50.7 Å². The predicted octanol–water partition coefficient (Wildman–Crippen LogP) is 2.99. The monoisotopic (exact) mass is 608 g/mol. The molecule has 0 aliphatic carbocycles. The largest absolute Gasteiger partial charge is 0.507 e. The van der Waals surface area contributed by atoms with E-state index in [1.807, 2.05) is 10.6 Å². The molecule has 0 unspecified atom stereocenters. The van der Waals surface area contributed by atoms with E-state index in [9.17, 15) is 19.8 Å². The van der Waals surface area contributed by atoms with Crippen LogP contribution >= 0.6 is 0 Å². The number of phenols is 1. The average Bonchev–Trinajstić information content (AvgIpc) is 3.63. The van der Waals surface area contributed by atoms with E-state index in [0.29, 0.717) is 34.5 Å². The number of aldehydes is 1. The summed E-state index contributed by atoms with van der Waals surface area (Å²) >= 11 is 0. The summed E-state index contributed by atoms with van der Waals surface area (Å²) in [6.07, 6.45) is 3.75. The smallest absolute Gasteiger partial charge is 0.280 e. The first-order valence-corrected chi connectivity index (χ1v) is 14.8. The number of fused-ring (bicyclic) bond motifs is 1. The summed E-state index contributed by atoms with van der Waals surface area (Å²) in [6, 6.07) is 15.8. The Morgan fingerprint density at radius 1 is 1.07 bits per heavy atom. The Labute approximate surface area is 259 Å². The molecular weight excluding hydrogens is 572 g/mol. The number of aliphatic hydroxyl groups is 1. The Kier molecular flexibility index (Phi) is 8.19. The lowest BCUT2D eigenvalue weighted by atomic mass is 10.1. The molecule has 1 aliphatic rings. The third-order valence-corrected chi connectivity index (χ3v) is 7.89. The van der Waals surface area contributed by atoms with Gasteiger partial charge in [0.25, 0.3) is 5.91 Å². The van der Waals surface area contributed by atoms with E-state index < -0.39 is 11.5 Å². The SMILES string of the molecule is CN1CCN(Cc2ccc3[nH]/c(=N\C(=O)c4ccnc(-c5ccn(-c6cccc(O)c6C=O)n5)c4)n(CC(C)(C)O)c3c2)CC1. The minimum atomic E-state index is -1.05. The predicted molar refractivity (Wildman–Crippen MR) is 169 cm³/mol. The molecule has 0 atom stereocenters. The summed E-state index contributed by atoms with van der Waals surface area (Å²) in [5.41, 5.74) is 3.87. The van der Waals surface area contributed by atoms with Crippen molar-refractivity contribution in [2.45, 2.75) is 32.5 Å².